The molecule has 1 aromatic carbocycles. The van der Waals surface area contributed by atoms with Gasteiger partial charge in [0.1, 0.15) is 0 Å². The van der Waals surface area contributed by atoms with Crippen LogP contribution in [0.25, 0.3) is 0 Å². The van der Waals surface area contributed by atoms with Crippen LogP contribution in [0, 0.1) is 6.92 Å². The first-order chi connectivity index (χ1) is 6.07. The molecule has 0 spiro atoms. The van der Waals surface area contributed by atoms with Gasteiger partial charge in [-0.2, -0.15) is 0 Å². The van der Waals surface area contributed by atoms with Crippen LogP contribution in [0.1, 0.15) is 5.56 Å². The second-order valence-corrected chi connectivity index (χ2v) is 3.55. The summed E-state index contributed by atoms with van der Waals surface area (Å²) in [5.41, 5.74) is 2.00. The first-order valence-electron chi connectivity index (χ1n) is 4.26. The minimum Gasteiger partial charge on any atom is -0.359 e. The zero-order valence-electron chi connectivity index (χ0n) is 7.43. The Morgan fingerprint density at radius 1 is 1.31 bits per heavy atom. The summed E-state index contributed by atoms with van der Waals surface area (Å²) < 4.78 is 25.1. The molecule has 0 unspecified atom stereocenters. The fraction of sp³-hybridized carbons (Fsp3) is 0.400. The molecule has 0 aliphatic carbocycles. The molecule has 70 valence electrons. The topological polar surface area (TPSA) is 3.24 Å². The number of alkyl halides is 2. The Labute approximate surface area is 76.0 Å². The molecule has 2 rings (SSSR count). The van der Waals surface area contributed by atoms with Gasteiger partial charge in [-0.3, -0.25) is 0 Å². The van der Waals surface area contributed by atoms with Crippen molar-refractivity contribution in [3.05, 3.63) is 29.8 Å². The van der Waals surface area contributed by atoms with E-state index in [4.69, 9.17) is 0 Å². The summed E-state index contributed by atoms with van der Waals surface area (Å²) in [5, 5.41) is 0. The van der Waals surface area contributed by atoms with E-state index in [1.807, 2.05) is 31.2 Å². The first-order valence-corrected chi connectivity index (χ1v) is 4.26. The quantitative estimate of drug-likeness (QED) is 0.646. The predicted molar refractivity (Wildman–Crippen MR) is 48.3 cm³/mol. The monoisotopic (exact) mass is 183 g/mol. The summed E-state index contributed by atoms with van der Waals surface area (Å²) in [6.45, 7) is 1.67. The minimum absolute atomic E-state index is 0.142. The smallest absolute Gasteiger partial charge is 0.282 e. The van der Waals surface area contributed by atoms with Crippen LogP contribution < -0.4 is 4.90 Å². The predicted octanol–water partition coefficient (Wildman–Crippen LogP) is 2.45. The van der Waals surface area contributed by atoms with Crippen molar-refractivity contribution in [2.24, 2.45) is 0 Å². The van der Waals surface area contributed by atoms with Crippen molar-refractivity contribution in [3.8, 4) is 0 Å². The van der Waals surface area contributed by atoms with E-state index in [1.54, 1.807) is 4.90 Å². The average Bonchev–Trinajstić information content (AvgIpc) is 2.00. The average molecular weight is 183 g/mol. The molecule has 1 heterocycles. The summed E-state index contributed by atoms with van der Waals surface area (Å²) >= 11 is 0. The zero-order valence-corrected chi connectivity index (χ0v) is 7.43. The maximum atomic E-state index is 12.5. The van der Waals surface area contributed by atoms with Crippen LogP contribution in [-0.2, 0) is 0 Å². The van der Waals surface area contributed by atoms with E-state index >= 15 is 0 Å². The van der Waals surface area contributed by atoms with Gasteiger partial charge in [-0.25, -0.2) is 8.78 Å². The maximum absolute atomic E-state index is 12.5. The fourth-order valence-electron chi connectivity index (χ4n) is 1.52. The minimum atomic E-state index is -2.48. The zero-order chi connectivity index (χ0) is 9.47. The molecule has 0 atom stereocenters. The fourth-order valence-corrected chi connectivity index (χ4v) is 1.52. The number of anilines is 1. The van der Waals surface area contributed by atoms with Gasteiger partial charge in [0.25, 0.3) is 5.92 Å². The standard InChI is InChI=1S/C10H11F2N/c1-8-3-2-4-9(5-8)13-6-10(11,12)7-13/h2-5H,6-7H2,1H3. The Morgan fingerprint density at radius 2 is 2.00 bits per heavy atom. The van der Waals surface area contributed by atoms with Crippen LogP contribution in [0.15, 0.2) is 24.3 Å². The molecule has 1 fully saturated rings. The van der Waals surface area contributed by atoms with Crippen LogP contribution in [0.4, 0.5) is 14.5 Å². The first kappa shape index (κ1) is 8.48. The third-order valence-electron chi connectivity index (χ3n) is 2.21. The summed E-state index contributed by atoms with van der Waals surface area (Å²) in [7, 11) is 0. The Hall–Kier alpha value is -1.12. The van der Waals surface area contributed by atoms with E-state index in [1.165, 1.54) is 0 Å². The van der Waals surface area contributed by atoms with Crippen LogP contribution in [0.3, 0.4) is 0 Å². The van der Waals surface area contributed by atoms with Gasteiger partial charge < -0.3 is 4.90 Å². The van der Waals surface area contributed by atoms with E-state index in [2.05, 4.69) is 0 Å². The van der Waals surface area contributed by atoms with Crippen molar-refractivity contribution >= 4 is 5.69 Å². The lowest BCUT2D eigenvalue weighted by Gasteiger charge is -2.40. The lowest BCUT2D eigenvalue weighted by molar-refractivity contribution is -0.0262. The van der Waals surface area contributed by atoms with Gasteiger partial charge in [0, 0.05) is 5.69 Å². The summed E-state index contributed by atoms with van der Waals surface area (Å²) in [5.74, 6) is -2.48. The van der Waals surface area contributed by atoms with Gasteiger partial charge >= 0.3 is 0 Å². The molecule has 1 aliphatic heterocycles. The summed E-state index contributed by atoms with van der Waals surface area (Å²) in [6, 6.07) is 7.64. The highest BCUT2D eigenvalue weighted by Crippen LogP contribution is 2.31. The molecule has 1 saturated heterocycles. The van der Waals surface area contributed by atoms with E-state index in [9.17, 15) is 8.78 Å². The molecule has 0 radical (unpaired) electrons. The van der Waals surface area contributed by atoms with Crippen molar-refractivity contribution < 1.29 is 8.78 Å². The van der Waals surface area contributed by atoms with Gasteiger partial charge in [0.05, 0.1) is 13.1 Å². The molecule has 0 saturated carbocycles. The molecule has 13 heavy (non-hydrogen) atoms. The van der Waals surface area contributed by atoms with E-state index in [0.717, 1.165) is 11.3 Å². The van der Waals surface area contributed by atoms with E-state index < -0.39 is 5.92 Å². The van der Waals surface area contributed by atoms with Crippen molar-refractivity contribution in [3.63, 3.8) is 0 Å². The number of benzene rings is 1. The van der Waals surface area contributed by atoms with E-state index in [-0.39, 0.29) is 13.1 Å². The number of halogens is 2. The Bertz CT molecular complexity index is 314. The second kappa shape index (κ2) is 2.69. The van der Waals surface area contributed by atoms with Crippen molar-refractivity contribution in [1.82, 2.24) is 0 Å². The Balaban J connectivity index is 2.11. The maximum Gasteiger partial charge on any atom is 0.282 e. The van der Waals surface area contributed by atoms with E-state index in [0.29, 0.717) is 0 Å². The molecule has 0 amide bonds. The highest BCUT2D eigenvalue weighted by molar-refractivity contribution is 5.51. The Kier molecular flexibility index (Phi) is 1.75. The van der Waals surface area contributed by atoms with Crippen molar-refractivity contribution in [2.45, 2.75) is 12.8 Å². The van der Waals surface area contributed by atoms with Crippen LogP contribution >= 0.6 is 0 Å². The molecule has 1 aromatic rings. The van der Waals surface area contributed by atoms with Gasteiger partial charge in [-0.15, -0.1) is 0 Å². The molecule has 3 heteroatoms. The highest BCUT2D eigenvalue weighted by Gasteiger charge is 2.43. The van der Waals surface area contributed by atoms with Gasteiger partial charge in [-0.1, -0.05) is 12.1 Å². The normalized spacial score (nSPS) is 19.8. The summed E-state index contributed by atoms with van der Waals surface area (Å²) in [4.78, 5) is 1.69. The van der Waals surface area contributed by atoms with Crippen LogP contribution in [-0.4, -0.2) is 19.0 Å². The number of nitrogens with zero attached hydrogens (tertiary/aromatic N) is 1. The molecule has 1 nitrogen and oxygen atoms in total. The largest absolute Gasteiger partial charge is 0.359 e. The second-order valence-electron chi connectivity index (χ2n) is 3.55. The summed E-state index contributed by atoms with van der Waals surface area (Å²) in [6.07, 6.45) is 0. The van der Waals surface area contributed by atoms with Gasteiger partial charge in [0.15, 0.2) is 0 Å². The lowest BCUT2D eigenvalue weighted by Crippen LogP contribution is -2.56. The van der Waals surface area contributed by atoms with Gasteiger partial charge in [-0.05, 0) is 24.6 Å². The van der Waals surface area contributed by atoms with Gasteiger partial charge in [0.2, 0.25) is 0 Å². The molecule has 1 aliphatic rings. The lowest BCUT2D eigenvalue weighted by atomic mass is 10.1. The molecule has 0 aromatic heterocycles. The number of rotatable bonds is 1. The Morgan fingerprint density at radius 3 is 2.54 bits per heavy atom. The molecular formula is C10H11F2N. The number of hydrogen-bond acceptors (Lipinski definition) is 1. The molecular weight excluding hydrogens is 172 g/mol. The van der Waals surface area contributed by atoms with Crippen LogP contribution in [0.5, 0.6) is 0 Å². The third kappa shape index (κ3) is 1.64. The molecule has 0 N–H and O–H groups in total. The number of aryl methyl sites for hydroxylation is 1. The van der Waals surface area contributed by atoms with Crippen LogP contribution in [0.2, 0.25) is 0 Å². The molecule has 0 bridgehead atoms. The van der Waals surface area contributed by atoms with Crippen molar-refractivity contribution in [1.29, 1.82) is 0 Å². The third-order valence-corrected chi connectivity index (χ3v) is 2.21. The SMILES string of the molecule is Cc1cccc(N2CC(F)(F)C2)c1. The highest BCUT2D eigenvalue weighted by atomic mass is 19.3. The van der Waals surface area contributed by atoms with Crippen molar-refractivity contribution in [2.75, 3.05) is 18.0 Å². The number of hydrogen-bond donors (Lipinski definition) is 0.